The summed E-state index contributed by atoms with van der Waals surface area (Å²) in [6.45, 7) is 4.22. The zero-order valence-corrected chi connectivity index (χ0v) is 7.35. The minimum absolute atomic E-state index is 0.138. The Hall–Kier alpha value is -0.570. The molecular formula is C8H17NO2. The molecule has 3 nitrogen and oxygen atoms in total. The molecule has 0 saturated carbocycles. The van der Waals surface area contributed by atoms with Gasteiger partial charge in [-0.15, -0.1) is 0 Å². The minimum Gasteiger partial charge on any atom is -0.274 e. The fraction of sp³-hybridized carbons (Fsp3) is 0.875. The summed E-state index contributed by atoms with van der Waals surface area (Å²) in [5, 5.41) is 0. The highest BCUT2D eigenvalue weighted by molar-refractivity contribution is 5.71. The number of unbranched alkanes of at least 4 members (excludes halogenated alkanes) is 3. The van der Waals surface area contributed by atoms with Crippen molar-refractivity contribution in [2.45, 2.75) is 39.5 Å². The van der Waals surface area contributed by atoms with Crippen molar-refractivity contribution >= 4 is 5.91 Å². The van der Waals surface area contributed by atoms with Crippen molar-refractivity contribution in [2.24, 2.45) is 0 Å². The van der Waals surface area contributed by atoms with Gasteiger partial charge in [0.05, 0.1) is 6.61 Å². The number of rotatable bonds is 6. The Morgan fingerprint density at radius 2 is 2.09 bits per heavy atom. The summed E-state index contributed by atoms with van der Waals surface area (Å²) in [6.07, 6.45) is 4.66. The van der Waals surface area contributed by atoms with Gasteiger partial charge < -0.3 is 0 Å². The molecular weight excluding hydrogens is 142 g/mol. The number of carbonyl (C=O) groups excluding carboxylic acids is 1. The van der Waals surface area contributed by atoms with Gasteiger partial charge in [0.25, 0.3) is 0 Å². The first-order chi connectivity index (χ1) is 5.27. The van der Waals surface area contributed by atoms with Crippen LogP contribution in [0.3, 0.4) is 0 Å². The van der Waals surface area contributed by atoms with Crippen molar-refractivity contribution in [2.75, 3.05) is 6.61 Å². The van der Waals surface area contributed by atoms with E-state index in [-0.39, 0.29) is 5.91 Å². The summed E-state index contributed by atoms with van der Waals surface area (Å²) in [5.74, 6) is -0.138. The second kappa shape index (κ2) is 7.54. The highest BCUT2D eigenvalue weighted by Crippen LogP contribution is 1.97. The molecule has 0 aliphatic carbocycles. The van der Waals surface area contributed by atoms with Crippen LogP contribution < -0.4 is 5.48 Å². The fourth-order valence-corrected chi connectivity index (χ4v) is 0.754. The quantitative estimate of drug-likeness (QED) is 0.472. The zero-order chi connectivity index (χ0) is 8.53. The molecule has 0 aromatic heterocycles. The summed E-state index contributed by atoms with van der Waals surface area (Å²) >= 11 is 0. The lowest BCUT2D eigenvalue weighted by atomic mass is 10.2. The van der Waals surface area contributed by atoms with Crippen molar-refractivity contribution in [1.82, 2.24) is 5.48 Å². The van der Waals surface area contributed by atoms with Gasteiger partial charge in [-0.1, -0.05) is 26.2 Å². The van der Waals surface area contributed by atoms with E-state index >= 15 is 0 Å². The standard InChI is InChI=1S/C8H17NO2/c1-3-4-5-6-7-11-9-8(2)10/h3-7H2,1-2H3,(H,9,10). The van der Waals surface area contributed by atoms with E-state index in [9.17, 15) is 4.79 Å². The molecule has 0 heterocycles. The molecule has 0 radical (unpaired) electrons. The lowest BCUT2D eigenvalue weighted by molar-refractivity contribution is -0.131. The minimum atomic E-state index is -0.138. The first-order valence-corrected chi connectivity index (χ1v) is 4.15. The van der Waals surface area contributed by atoms with Gasteiger partial charge in [0.1, 0.15) is 0 Å². The predicted octanol–water partition coefficient (Wildman–Crippen LogP) is 1.63. The lowest BCUT2D eigenvalue weighted by Gasteiger charge is -2.01. The van der Waals surface area contributed by atoms with E-state index < -0.39 is 0 Å². The van der Waals surface area contributed by atoms with Gasteiger partial charge in [0.15, 0.2) is 0 Å². The van der Waals surface area contributed by atoms with Crippen molar-refractivity contribution in [1.29, 1.82) is 0 Å². The monoisotopic (exact) mass is 159 g/mol. The van der Waals surface area contributed by atoms with Gasteiger partial charge in [0, 0.05) is 6.92 Å². The SMILES string of the molecule is CCCCCCONC(C)=O. The third-order valence-electron chi connectivity index (χ3n) is 1.32. The van der Waals surface area contributed by atoms with Crippen LogP contribution in [-0.2, 0) is 9.63 Å². The highest BCUT2D eigenvalue weighted by atomic mass is 16.6. The maximum absolute atomic E-state index is 10.3. The summed E-state index contributed by atoms with van der Waals surface area (Å²) in [6, 6.07) is 0. The van der Waals surface area contributed by atoms with Gasteiger partial charge >= 0.3 is 0 Å². The van der Waals surface area contributed by atoms with Crippen LogP contribution in [0.2, 0.25) is 0 Å². The van der Waals surface area contributed by atoms with Crippen LogP contribution in [0.1, 0.15) is 39.5 Å². The molecule has 0 aromatic rings. The third-order valence-corrected chi connectivity index (χ3v) is 1.32. The molecule has 1 N–H and O–H groups in total. The Morgan fingerprint density at radius 3 is 2.64 bits per heavy atom. The van der Waals surface area contributed by atoms with Crippen LogP contribution in [-0.4, -0.2) is 12.5 Å². The fourth-order valence-electron chi connectivity index (χ4n) is 0.754. The molecule has 0 aliphatic heterocycles. The average Bonchev–Trinajstić information content (AvgIpc) is 1.96. The van der Waals surface area contributed by atoms with Gasteiger partial charge in [-0.25, -0.2) is 5.48 Å². The molecule has 0 unspecified atom stereocenters. The number of carbonyl (C=O) groups is 1. The normalized spacial score (nSPS) is 9.64. The largest absolute Gasteiger partial charge is 0.274 e. The van der Waals surface area contributed by atoms with E-state index in [0.29, 0.717) is 6.61 Å². The number of hydrogen-bond donors (Lipinski definition) is 1. The molecule has 0 fully saturated rings. The molecule has 0 aliphatic rings. The molecule has 0 aromatic carbocycles. The maximum Gasteiger partial charge on any atom is 0.240 e. The van der Waals surface area contributed by atoms with E-state index in [4.69, 9.17) is 4.84 Å². The van der Waals surface area contributed by atoms with E-state index in [2.05, 4.69) is 12.4 Å². The lowest BCUT2D eigenvalue weighted by Crippen LogP contribution is -2.20. The van der Waals surface area contributed by atoms with E-state index in [1.165, 1.54) is 26.2 Å². The zero-order valence-electron chi connectivity index (χ0n) is 7.35. The second-order valence-corrected chi connectivity index (χ2v) is 2.57. The molecule has 66 valence electrons. The van der Waals surface area contributed by atoms with E-state index in [1.807, 2.05) is 0 Å². The van der Waals surface area contributed by atoms with Gasteiger partial charge in [-0.05, 0) is 6.42 Å². The van der Waals surface area contributed by atoms with Crippen LogP contribution in [0.15, 0.2) is 0 Å². The highest BCUT2D eigenvalue weighted by Gasteiger charge is 1.90. The van der Waals surface area contributed by atoms with Crippen molar-refractivity contribution in [3.63, 3.8) is 0 Å². The summed E-state index contributed by atoms with van der Waals surface area (Å²) in [7, 11) is 0. The van der Waals surface area contributed by atoms with Crippen LogP contribution >= 0.6 is 0 Å². The Bertz CT molecular complexity index is 104. The summed E-state index contributed by atoms with van der Waals surface area (Å²) in [5.41, 5.74) is 2.28. The first kappa shape index (κ1) is 10.4. The van der Waals surface area contributed by atoms with Crippen LogP contribution in [0.4, 0.5) is 0 Å². The number of hydrogen-bond acceptors (Lipinski definition) is 2. The molecule has 0 rings (SSSR count). The Kier molecular flexibility index (Phi) is 7.15. The van der Waals surface area contributed by atoms with E-state index in [0.717, 1.165) is 6.42 Å². The van der Waals surface area contributed by atoms with Gasteiger partial charge in [-0.3, -0.25) is 9.63 Å². The molecule has 0 atom stereocenters. The number of nitrogens with one attached hydrogen (secondary N) is 1. The predicted molar refractivity (Wildman–Crippen MR) is 43.9 cm³/mol. The van der Waals surface area contributed by atoms with Crippen molar-refractivity contribution in [3.05, 3.63) is 0 Å². The Morgan fingerprint density at radius 1 is 1.36 bits per heavy atom. The van der Waals surface area contributed by atoms with Gasteiger partial charge in [-0.2, -0.15) is 0 Å². The number of hydroxylamine groups is 1. The molecule has 0 bridgehead atoms. The maximum atomic E-state index is 10.3. The average molecular weight is 159 g/mol. The van der Waals surface area contributed by atoms with Crippen molar-refractivity contribution < 1.29 is 9.63 Å². The Balaban J connectivity index is 2.85. The third kappa shape index (κ3) is 9.43. The van der Waals surface area contributed by atoms with Crippen LogP contribution in [0, 0.1) is 0 Å². The molecule has 3 heteroatoms. The van der Waals surface area contributed by atoms with Crippen molar-refractivity contribution in [3.8, 4) is 0 Å². The molecule has 0 saturated heterocycles. The van der Waals surface area contributed by atoms with Crippen LogP contribution in [0.5, 0.6) is 0 Å². The molecule has 0 spiro atoms. The number of amides is 1. The molecule has 11 heavy (non-hydrogen) atoms. The van der Waals surface area contributed by atoms with E-state index in [1.54, 1.807) is 0 Å². The summed E-state index contributed by atoms with van der Waals surface area (Å²) in [4.78, 5) is 15.1. The molecule has 1 amide bonds. The van der Waals surface area contributed by atoms with Crippen LogP contribution in [0.25, 0.3) is 0 Å². The first-order valence-electron chi connectivity index (χ1n) is 4.15. The summed E-state index contributed by atoms with van der Waals surface area (Å²) < 4.78 is 0. The smallest absolute Gasteiger partial charge is 0.240 e. The Labute approximate surface area is 68.1 Å². The van der Waals surface area contributed by atoms with Gasteiger partial charge in [0.2, 0.25) is 5.91 Å². The topological polar surface area (TPSA) is 38.3 Å². The second-order valence-electron chi connectivity index (χ2n) is 2.57.